The molecule has 180 valence electrons. The molecule has 33 heavy (non-hydrogen) atoms. The molecule has 2 aromatic heterocycles. The fourth-order valence-electron chi connectivity index (χ4n) is 3.97. The molecular weight excluding hydrogens is 412 g/mol. The zero-order chi connectivity index (χ0) is 23.5. The quantitative estimate of drug-likeness (QED) is 0.236. The Labute approximate surface area is 198 Å². The number of furan rings is 1. The number of hydrogen-bond donors (Lipinski definition) is 3. The number of aryl methyl sites for hydroxylation is 3. The molecule has 2 heterocycles. The molecule has 0 fully saturated rings. The van der Waals surface area contributed by atoms with Crippen LogP contribution in [0.4, 0.5) is 0 Å². The highest BCUT2D eigenvalue weighted by Gasteiger charge is 2.08. The number of ether oxygens (including phenoxy) is 1. The molecule has 0 aliphatic carbocycles. The first-order valence-electron chi connectivity index (χ1n) is 12.4. The lowest BCUT2D eigenvalue weighted by atomic mass is 10.1. The molecular formula is C28H40N2O3. The smallest absolute Gasteiger partial charge is 0.161 e. The lowest BCUT2D eigenvalue weighted by Gasteiger charge is -2.10. The van der Waals surface area contributed by atoms with Crippen LogP contribution < -0.4 is 10.5 Å². The summed E-state index contributed by atoms with van der Waals surface area (Å²) >= 11 is 0. The van der Waals surface area contributed by atoms with Gasteiger partial charge in [-0.15, -0.1) is 0 Å². The lowest BCUT2D eigenvalue weighted by molar-refractivity contribution is 0.302. The van der Waals surface area contributed by atoms with Crippen molar-refractivity contribution in [3.63, 3.8) is 0 Å². The zero-order valence-corrected chi connectivity index (χ0v) is 20.2. The van der Waals surface area contributed by atoms with E-state index in [-0.39, 0.29) is 5.75 Å². The molecule has 0 saturated carbocycles. The van der Waals surface area contributed by atoms with E-state index >= 15 is 0 Å². The van der Waals surface area contributed by atoms with Crippen molar-refractivity contribution in [2.75, 3.05) is 13.2 Å². The number of benzene rings is 1. The van der Waals surface area contributed by atoms with E-state index in [1.165, 1.54) is 24.8 Å². The van der Waals surface area contributed by atoms with Gasteiger partial charge in [0.2, 0.25) is 0 Å². The fraction of sp³-hybridized carbons (Fsp3) is 0.500. The third-order valence-corrected chi connectivity index (χ3v) is 6.09. The Hall–Kier alpha value is -2.66. The van der Waals surface area contributed by atoms with Crippen LogP contribution in [0, 0.1) is 0 Å². The van der Waals surface area contributed by atoms with Gasteiger partial charge in [0.1, 0.15) is 11.5 Å². The maximum atomic E-state index is 10.2. The van der Waals surface area contributed by atoms with E-state index in [0.717, 1.165) is 67.8 Å². The highest BCUT2D eigenvalue weighted by Crippen LogP contribution is 2.28. The van der Waals surface area contributed by atoms with Gasteiger partial charge in [-0.2, -0.15) is 0 Å². The van der Waals surface area contributed by atoms with E-state index in [4.69, 9.17) is 14.9 Å². The van der Waals surface area contributed by atoms with Gasteiger partial charge in [0.25, 0.3) is 0 Å². The Morgan fingerprint density at radius 1 is 0.909 bits per heavy atom. The molecule has 1 aromatic carbocycles. The molecule has 3 aromatic rings. The molecule has 3 rings (SSSR count). The average Bonchev–Trinajstić information content (AvgIpc) is 3.46. The van der Waals surface area contributed by atoms with E-state index in [0.29, 0.717) is 18.3 Å². The number of H-pyrrole nitrogens is 1. The molecule has 5 nitrogen and oxygen atoms in total. The van der Waals surface area contributed by atoms with E-state index in [1.54, 1.807) is 6.07 Å². The van der Waals surface area contributed by atoms with Gasteiger partial charge in [0.15, 0.2) is 11.5 Å². The van der Waals surface area contributed by atoms with Crippen LogP contribution in [0.15, 0.2) is 47.0 Å². The van der Waals surface area contributed by atoms with Gasteiger partial charge >= 0.3 is 0 Å². The van der Waals surface area contributed by atoms with Crippen molar-refractivity contribution in [2.24, 2.45) is 5.73 Å². The van der Waals surface area contributed by atoms with E-state index < -0.39 is 0 Å². The van der Waals surface area contributed by atoms with E-state index in [2.05, 4.69) is 43.2 Å². The Kier molecular flexibility index (Phi) is 9.95. The second-order valence-corrected chi connectivity index (χ2v) is 9.19. The first-order chi connectivity index (χ1) is 16.0. The largest absolute Gasteiger partial charge is 0.504 e. The molecule has 0 unspecified atom stereocenters. The molecule has 5 heteroatoms. The lowest BCUT2D eigenvalue weighted by Crippen LogP contribution is -2.02. The van der Waals surface area contributed by atoms with Gasteiger partial charge in [-0.25, -0.2) is 0 Å². The summed E-state index contributed by atoms with van der Waals surface area (Å²) in [4.78, 5) is 3.31. The standard InChI is InChI=1S/C28H40N2O3/c1-21(2)23-19-24(30-20-23)15-17-32-28-18-22(10-14-27(28)31)9-11-26-13-12-25(33-26)8-6-4-3-5-7-16-29/h10,12-14,18-21,30-31H,3-9,11,15-17,29H2,1-2H3. The highest BCUT2D eigenvalue weighted by atomic mass is 16.5. The summed E-state index contributed by atoms with van der Waals surface area (Å²) < 4.78 is 11.9. The monoisotopic (exact) mass is 452 g/mol. The van der Waals surface area contributed by atoms with Gasteiger partial charge in [-0.05, 0) is 73.2 Å². The summed E-state index contributed by atoms with van der Waals surface area (Å²) in [6, 6.07) is 12.0. The van der Waals surface area contributed by atoms with Crippen molar-refractivity contribution < 1.29 is 14.3 Å². The molecule has 0 spiro atoms. The SMILES string of the molecule is CC(C)c1c[nH]c(CCOc2cc(CCc3ccc(CCCCCCCN)o3)ccc2O)c1. The van der Waals surface area contributed by atoms with Crippen LogP contribution in [0.5, 0.6) is 11.5 Å². The fourth-order valence-corrected chi connectivity index (χ4v) is 3.97. The maximum Gasteiger partial charge on any atom is 0.161 e. The van der Waals surface area contributed by atoms with Gasteiger partial charge in [0, 0.05) is 31.2 Å². The van der Waals surface area contributed by atoms with Crippen molar-refractivity contribution in [3.8, 4) is 11.5 Å². The molecule has 0 saturated heterocycles. The van der Waals surface area contributed by atoms with Crippen LogP contribution >= 0.6 is 0 Å². The molecule has 0 aliphatic heterocycles. The number of nitrogens with one attached hydrogen (secondary N) is 1. The molecule has 4 N–H and O–H groups in total. The summed E-state index contributed by atoms with van der Waals surface area (Å²) in [7, 11) is 0. The number of aromatic nitrogens is 1. The summed E-state index contributed by atoms with van der Waals surface area (Å²) in [5.74, 6) is 3.31. The van der Waals surface area contributed by atoms with Crippen LogP contribution in [0.2, 0.25) is 0 Å². The van der Waals surface area contributed by atoms with Crippen LogP contribution in [-0.2, 0) is 25.7 Å². The number of aromatic hydroxyl groups is 1. The zero-order valence-electron chi connectivity index (χ0n) is 20.2. The van der Waals surface area contributed by atoms with E-state index in [1.807, 2.05) is 12.1 Å². The van der Waals surface area contributed by atoms with Crippen molar-refractivity contribution in [1.29, 1.82) is 0 Å². The summed E-state index contributed by atoms with van der Waals surface area (Å²) in [6.07, 6.45) is 11.5. The molecule has 0 aliphatic rings. The van der Waals surface area contributed by atoms with Gasteiger partial charge in [-0.3, -0.25) is 0 Å². The number of nitrogens with two attached hydrogens (primary N) is 1. The topological polar surface area (TPSA) is 84.4 Å². The van der Waals surface area contributed by atoms with E-state index in [9.17, 15) is 5.11 Å². The third kappa shape index (κ3) is 8.32. The van der Waals surface area contributed by atoms with Crippen molar-refractivity contribution in [3.05, 3.63) is 70.9 Å². The van der Waals surface area contributed by atoms with Crippen molar-refractivity contribution in [2.45, 2.75) is 77.6 Å². The van der Waals surface area contributed by atoms with Crippen LogP contribution in [0.1, 0.15) is 80.2 Å². The number of phenolic OH excluding ortho intramolecular Hbond substituents is 1. The number of unbranched alkanes of at least 4 members (excludes halogenated alkanes) is 4. The van der Waals surface area contributed by atoms with Crippen LogP contribution in [0.25, 0.3) is 0 Å². The van der Waals surface area contributed by atoms with Gasteiger partial charge < -0.3 is 25.0 Å². The predicted molar refractivity (Wildman–Crippen MR) is 134 cm³/mol. The first-order valence-corrected chi connectivity index (χ1v) is 12.4. The number of phenols is 1. The molecule has 0 bridgehead atoms. The normalized spacial score (nSPS) is 11.4. The van der Waals surface area contributed by atoms with Crippen molar-refractivity contribution >= 4 is 0 Å². The minimum atomic E-state index is 0.180. The van der Waals surface area contributed by atoms with Crippen LogP contribution in [0.3, 0.4) is 0 Å². The summed E-state index contributed by atoms with van der Waals surface area (Å²) in [5.41, 5.74) is 9.12. The Balaban J connectivity index is 1.42. The van der Waals surface area contributed by atoms with Crippen molar-refractivity contribution in [1.82, 2.24) is 4.98 Å². The maximum absolute atomic E-state index is 10.2. The second kappa shape index (κ2) is 13.1. The third-order valence-electron chi connectivity index (χ3n) is 6.09. The van der Waals surface area contributed by atoms with Gasteiger partial charge in [0.05, 0.1) is 6.61 Å². The average molecular weight is 453 g/mol. The minimum absolute atomic E-state index is 0.180. The minimum Gasteiger partial charge on any atom is -0.504 e. The number of hydrogen-bond acceptors (Lipinski definition) is 4. The molecule has 0 atom stereocenters. The Bertz CT molecular complexity index is 958. The summed E-state index contributed by atoms with van der Waals surface area (Å²) in [6.45, 7) is 5.68. The highest BCUT2D eigenvalue weighted by molar-refractivity contribution is 5.42. The molecule has 0 radical (unpaired) electrons. The van der Waals surface area contributed by atoms with Gasteiger partial charge in [-0.1, -0.05) is 39.2 Å². The predicted octanol–water partition coefficient (Wildman–Crippen LogP) is 6.30. The number of rotatable bonds is 15. The first kappa shape index (κ1) is 25.0. The summed E-state index contributed by atoms with van der Waals surface area (Å²) in [5, 5.41) is 10.2. The van der Waals surface area contributed by atoms with Crippen LogP contribution in [-0.4, -0.2) is 23.2 Å². The second-order valence-electron chi connectivity index (χ2n) is 9.19. The molecule has 0 amide bonds. The Morgan fingerprint density at radius 3 is 2.42 bits per heavy atom. The number of aromatic amines is 1. The Morgan fingerprint density at radius 2 is 1.67 bits per heavy atom.